The first kappa shape index (κ1) is 18.2. The van der Waals surface area contributed by atoms with Gasteiger partial charge in [0, 0.05) is 12.6 Å². The Morgan fingerprint density at radius 3 is 2.75 bits per heavy atom. The third kappa shape index (κ3) is 3.68. The lowest BCUT2D eigenvalue weighted by Crippen LogP contribution is -2.28. The molecule has 1 N–H and O–H groups in total. The van der Waals surface area contributed by atoms with Crippen molar-refractivity contribution in [1.82, 2.24) is 4.90 Å². The fourth-order valence-corrected chi connectivity index (χ4v) is 3.48. The second-order valence-electron chi connectivity index (χ2n) is 4.91. The van der Waals surface area contributed by atoms with E-state index in [4.69, 9.17) is 17.0 Å². The maximum Gasteiger partial charge on any atom is 0.315 e. The Bertz CT molecular complexity index is 733. The first-order chi connectivity index (χ1) is 11.4. The molecule has 1 fully saturated rings. The highest BCUT2D eigenvalue weighted by molar-refractivity contribution is 8.26. The summed E-state index contributed by atoms with van der Waals surface area (Å²) in [6, 6.07) is 2.66. The van der Waals surface area contributed by atoms with E-state index in [-0.39, 0.29) is 18.3 Å². The number of phenols is 1. The zero-order valence-corrected chi connectivity index (χ0v) is 14.8. The second-order valence-corrected chi connectivity index (χ2v) is 6.59. The topological polar surface area (TPSA) is 92.9 Å². The van der Waals surface area contributed by atoms with E-state index in [1.807, 2.05) is 6.92 Å². The standard InChI is InChI=1S/C15H16N2O5S2/c1-3-5-16-14(19)12(24-15(16)23)8-9-6-10(17(20)21)13(18)11(7-9)22-4-2/h6-8,18H,3-5H2,1-2H3/b12-8+. The molecular weight excluding hydrogens is 352 g/mol. The van der Waals surface area contributed by atoms with Crippen molar-refractivity contribution in [2.75, 3.05) is 13.2 Å². The minimum atomic E-state index is -0.697. The average molecular weight is 368 g/mol. The molecule has 0 aliphatic carbocycles. The first-order valence-corrected chi connectivity index (χ1v) is 8.51. The molecule has 1 aliphatic heterocycles. The number of thioether (sulfide) groups is 1. The van der Waals surface area contributed by atoms with Gasteiger partial charge in [0.15, 0.2) is 5.75 Å². The van der Waals surface area contributed by atoms with Crippen LogP contribution in [0.15, 0.2) is 17.0 Å². The number of thiocarbonyl (C=S) groups is 1. The van der Waals surface area contributed by atoms with Crippen LogP contribution in [0.2, 0.25) is 0 Å². The molecule has 0 spiro atoms. The van der Waals surface area contributed by atoms with Crippen LogP contribution in [0.1, 0.15) is 25.8 Å². The third-order valence-corrected chi connectivity index (χ3v) is 4.57. The SMILES string of the molecule is CCCN1C(=O)/C(=C\c2cc(OCC)c(O)c([N+](=O)[O-])c2)SC1=S. The average Bonchev–Trinajstić information content (AvgIpc) is 2.78. The van der Waals surface area contributed by atoms with Crippen molar-refractivity contribution in [2.45, 2.75) is 20.3 Å². The Morgan fingerprint density at radius 2 is 2.17 bits per heavy atom. The van der Waals surface area contributed by atoms with Gasteiger partial charge in [0.1, 0.15) is 4.32 Å². The molecular formula is C15H16N2O5S2. The highest BCUT2D eigenvalue weighted by Crippen LogP contribution is 2.39. The van der Waals surface area contributed by atoms with Gasteiger partial charge in [0.25, 0.3) is 5.91 Å². The monoisotopic (exact) mass is 368 g/mol. The van der Waals surface area contributed by atoms with Gasteiger partial charge >= 0.3 is 5.69 Å². The Balaban J connectivity index is 2.44. The minimum absolute atomic E-state index is 0.00184. The van der Waals surface area contributed by atoms with Gasteiger partial charge in [-0.1, -0.05) is 30.9 Å². The lowest BCUT2D eigenvalue weighted by Gasteiger charge is -2.12. The molecule has 1 heterocycles. The van der Waals surface area contributed by atoms with Gasteiger partial charge in [-0.05, 0) is 31.1 Å². The summed E-state index contributed by atoms with van der Waals surface area (Å²) in [6.07, 6.45) is 2.29. The van der Waals surface area contributed by atoms with E-state index in [0.29, 0.717) is 21.3 Å². The van der Waals surface area contributed by atoms with Crippen LogP contribution in [0, 0.1) is 10.1 Å². The molecule has 2 rings (SSSR count). The van der Waals surface area contributed by atoms with Crippen molar-refractivity contribution >= 4 is 46.0 Å². The minimum Gasteiger partial charge on any atom is -0.500 e. The number of rotatable bonds is 6. The highest BCUT2D eigenvalue weighted by Gasteiger charge is 2.31. The summed E-state index contributed by atoms with van der Waals surface area (Å²) in [5.41, 5.74) is -0.0869. The largest absolute Gasteiger partial charge is 0.500 e. The first-order valence-electron chi connectivity index (χ1n) is 7.28. The molecule has 7 nitrogen and oxygen atoms in total. The molecule has 24 heavy (non-hydrogen) atoms. The molecule has 1 aliphatic rings. The van der Waals surface area contributed by atoms with Crippen LogP contribution in [0.25, 0.3) is 6.08 Å². The zero-order valence-electron chi connectivity index (χ0n) is 13.1. The molecule has 0 aromatic heterocycles. The maximum atomic E-state index is 12.3. The number of ether oxygens (including phenoxy) is 1. The quantitative estimate of drug-likeness (QED) is 0.356. The van der Waals surface area contributed by atoms with Crippen LogP contribution in [0.3, 0.4) is 0 Å². The predicted octanol–water partition coefficient (Wildman–Crippen LogP) is 3.31. The van der Waals surface area contributed by atoms with E-state index in [1.54, 1.807) is 6.92 Å². The molecule has 1 aromatic carbocycles. The number of nitro benzene ring substituents is 1. The van der Waals surface area contributed by atoms with Crippen molar-refractivity contribution in [1.29, 1.82) is 0 Å². The number of nitrogens with zero attached hydrogens (tertiary/aromatic N) is 2. The number of phenolic OH excluding ortho intramolecular Hbond substituents is 1. The number of carbonyl (C=O) groups excluding carboxylic acids is 1. The van der Waals surface area contributed by atoms with Gasteiger partial charge in [-0.3, -0.25) is 19.8 Å². The molecule has 1 amide bonds. The van der Waals surface area contributed by atoms with Crippen molar-refractivity contribution in [3.8, 4) is 11.5 Å². The van der Waals surface area contributed by atoms with Crippen molar-refractivity contribution in [2.24, 2.45) is 0 Å². The fourth-order valence-electron chi connectivity index (χ4n) is 2.17. The van der Waals surface area contributed by atoms with Crippen LogP contribution >= 0.6 is 24.0 Å². The molecule has 9 heteroatoms. The highest BCUT2D eigenvalue weighted by atomic mass is 32.2. The lowest BCUT2D eigenvalue weighted by molar-refractivity contribution is -0.386. The van der Waals surface area contributed by atoms with Gasteiger partial charge < -0.3 is 9.84 Å². The smallest absolute Gasteiger partial charge is 0.315 e. The van der Waals surface area contributed by atoms with Gasteiger partial charge in [-0.25, -0.2) is 0 Å². The number of amides is 1. The predicted molar refractivity (Wildman–Crippen MR) is 96.1 cm³/mol. The van der Waals surface area contributed by atoms with Crippen LogP contribution in [-0.2, 0) is 4.79 Å². The number of carbonyl (C=O) groups is 1. The third-order valence-electron chi connectivity index (χ3n) is 3.19. The number of benzene rings is 1. The van der Waals surface area contributed by atoms with Crippen LogP contribution in [0.5, 0.6) is 11.5 Å². The summed E-state index contributed by atoms with van der Waals surface area (Å²) in [4.78, 5) is 24.6. The molecule has 128 valence electrons. The molecule has 1 saturated heterocycles. The van der Waals surface area contributed by atoms with Crippen LogP contribution < -0.4 is 4.74 Å². The van der Waals surface area contributed by atoms with Gasteiger partial charge in [-0.2, -0.15) is 0 Å². The molecule has 0 atom stereocenters. The zero-order chi connectivity index (χ0) is 17.9. The van der Waals surface area contributed by atoms with E-state index in [1.165, 1.54) is 23.1 Å². The summed E-state index contributed by atoms with van der Waals surface area (Å²) >= 11 is 6.34. The molecule has 0 saturated carbocycles. The van der Waals surface area contributed by atoms with Crippen molar-refractivity contribution in [3.63, 3.8) is 0 Å². The second kappa shape index (κ2) is 7.63. The van der Waals surface area contributed by atoms with Crippen molar-refractivity contribution in [3.05, 3.63) is 32.7 Å². The van der Waals surface area contributed by atoms with E-state index in [9.17, 15) is 20.0 Å². The Morgan fingerprint density at radius 1 is 1.46 bits per heavy atom. The van der Waals surface area contributed by atoms with Gasteiger partial charge in [-0.15, -0.1) is 0 Å². The van der Waals surface area contributed by atoms with Crippen LogP contribution in [0.4, 0.5) is 5.69 Å². The summed E-state index contributed by atoms with van der Waals surface area (Å²) in [5.74, 6) is -0.750. The molecule has 0 unspecified atom stereocenters. The fraction of sp³-hybridized carbons (Fsp3) is 0.333. The summed E-state index contributed by atoms with van der Waals surface area (Å²) in [7, 11) is 0. The Hall–Kier alpha value is -2.13. The molecule has 0 radical (unpaired) electrons. The van der Waals surface area contributed by atoms with E-state index < -0.39 is 16.4 Å². The van der Waals surface area contributed by atoms with Gasteiger partial charge in [0.05, 0.1) is 16.4 Å². The van der Waals surface area contributed by atoms with E-state index in [0.717, 1.165) is 18.2 Å². The lowest BCUT2D eigenvalue weighted by atomic mass is 10.1. The summed E-state index contributed by atoms with van der Waals surface area (Å²) < 4.78 is 5.69. The molecule has 1 aromatic rings. The van der Waals surface area contributed by atoms with Gasteiger partial charge in [0.2, 0.25) is 5.75 Å². The normalized spacial score (nSPS) is 16.1. The molecule has 0 bridgehead atoms. The van der Waals surface area contributed by atoms with E-state index in [2.05, 4.69) is 0 Å². The maximum absolute atomic E-state index is 12.3. The Kier molecular flexibility index (Phi) is 5.79. The number of hydrogen-bond donors (Lipinski definition) is 1. The van der Waals surface area contributed by atoms with Crippen molar-refractivity contribution < 1.29 is 19.6 Å². The number of hydrogen-bond acceptors (Lipinski definition) is 7. The Labute approximate surface area is 148 Å². The number of nitro groups is 1. The van der Waals surface area contributed by atoms with Crippen LogP contribution in [-0.4, -0.2) is 38.3 Å². The van der Waals surface area contributed by atoms with E-state index >= 15 is 0 Å². The summed E-state index contributed by atoms with van der Waals surface area (Å²) in [5, 5.41) is 21.0. The number of aromatic hydroxyl groups is 1. The summed E-state index contributed by atoms with van der Waals surface area (Å²) in [6.45, 7) is 4.42.